The average Bonchev–Trinajstić information content (AvgIpc) is 0. The van der Waals surface area contributed by atoms with Crippen molar-refractivity contribution in [2.45, 2.75) is 0 Å². The van der Waals surface area contributed by atoms with Crippen LogP contribution in [0.25, 0.3) is 0 Å². The molecule has 0 aromatic carbocycles. The van der Waals surface area contributed by atoms with Crippen LogP contribution >= 0.6 is 0 Å². The summed E-state index contributed by atoms with van der Waals surface area (Å²) in [7, 11) is 0. The van der Waals surface area contributed by atoms with E-state index in [1.165, 1.54) is 0 Å². The molecular weight excluding hydrogens is 132 g/mol. The fourth-order valence-electron chi connectivity index (χ4n) is 0. The fourth-order valence-corrected chi connectivity index (χ4v) is 0. The zero-order valence-corrected chi connectivity index (χ0v) is 2.96. The second-order valence-electron chi connectivity index (χ2n) is 0. The summed E-state index contributed by atoms with van der Waals surface area (Å²) in [6.45, 7) is 0. The molecule has 0 rings (SSSR count). The van der Waals surface area contributed by atoms with E-state index in [4.69, 9.17) is 0 Å². The Morgan fingerprint density at radius 1 is 0.600 bits per heavy atom. The third-order valence-electron chi connectivity index (χ3n) is 0. The van der Waals surface area contributed by atoms with Gasteiger partial charge in [0.2, 0.25) is 0 Å². The van der Waals surface area contributed by atoms with Gasteiger partial charge < -0.3 is 16.4 Å². The Hall–Kier alpha value is 0.616. The van der Waals surface area contributed by atoms with E-state index >= 15 is 0 Å². The molecule has 40 valence electrons. The summed E-state index contributed by atoms with van der Waals surface area (Å²) in [6, 6.07) is 0. The van der Waals surface area contributed by atoms with Crippen molar-refractivity contribution in [3.8, 4) is 0 Å². The molecule has 6 N–H and O–H groups in total. The molecule has 0 fully saturated rings. The first kappa shape index (κ1) is 315. The van der Waals surface area contributed by atoms with Crippen LogP contribution in [0.15, 0.2) is 0 Å². The predicted octanol–water partition coefficient (Wildman–Crippen LogP) is -3.93. The fraction of sp³-hybridized carbons (Fsp3) is 0. The summed E-state index contributed by atoms with van der Waals surface area (Å²) >= 11 is 0. The van der Waals surface area contributed by atoms with E-state index < -0.39 is 0 Å². The van der Waals surface area contributed by atoms with Gasteiger partial charge in [-0.05, 0) is 11.0 Å². The molecule has 0 aliphatic carbocycles. The predicted molar refractivity (Wildman–Crippen MR) is 22.2 cm³/mol. The summed E-state index contributed by atoms with van der Waals surface area (Å²) < 4.78 is 0. The molecule has 0 heterocycles. The van der Waals surface area contributed by atoms with Crippen molar-refractivity contribution in [3.63, 3.8) is 0 Å². The van der Waals surface area contributed by atoms with Crippen LogP contribution < -0.4 is 0 Å². The first-order valence-electron chi connectivity index (χ1n) is 0. The van der Waals surface area contributed by atoms with Crippen LogP contribution in [-0.2, 0) is 17.1 Å². The molecular formula is H10FeO3Si. The van der Waals surface area contributed by atoms with E-state index in [2.05, 4.69) is 0 Å². The van der Waals surface area contributed by atoms with Crippen molar-refractivity contribution in [3.05, 3.63) is 0 Å². The van der Waals surface area contributed by atoms with Gasteiger partial charge >= 0.3 is 0 Å². The summed E-state index contributed by atoms with van der Waals surface area (Å²) in [5.41, 5.74) is 0. The molecule has 0 radical (unpaired) electrons. The minimum absolute atomic E-state index is 0. The zero-order valence-electron chi connectivity index (χ0n) is 1.85. The van der Waals surface area contributed by atoms with Gasteiger partial charge in [0.1, 0.15) is 0 Å². The Morgan fingerprint density at radius 2 is 0.600 bits per heavy atom. The summed E-state index contributed by atoms with van der Waals surface area (Å²) in [5, 5.41) is 0. The minimum atomic E-state index is 0. The molecule has 0 amide bonds. The van der Waals surface area contributed by atoms with Crippen LogP contribution in [0.4, 0.5) is 0 Å². The van der Waals surface area contributed by atoms with Crippen molar-refractivity contribution in [2.75, 3.05) is 0 Å². The molecule has 0 saturated heterocycles. The Kier molecular flexibility index (Phi) is 10000. The molecule has 5 heteroatoms. The first-order chi connectivity index (χ1) is 0. The molecule has 0 aliphatic rings. The largest absolute Gasteiger partial charge is 0.412 e. The van der Waals surface area contributed by atoms with Crippen LogP contribution in [0.1, 0.15) is 0 Å². The molecule has 0 aromatic heterocycles. The maximum absolute atomic E-state index is 0. The summed E-state index contributed by atoms with van der Waals surface area (Å²) in [6.07, 6.45) is 0. The Balaban J connectivity index is 0. The number of hydrogen-bond donors (Lipinski definition) is 0. The van der Waals surface area contributed by atoms with E-state index in [-0.39, 0.29) is 44.5 Å². The molecule has 0 atom stereocenters. The van der Waals surface area contributed by atoms with Crippen LogP contribution in [0, 0.1) is 0 Å². The van der Waals surface area contributed by atoms with Crippen molar-refractivity contribution in [1.82, 2.24) is 0 Å². The maximum Gasteiger partial charge on any atom is 0 e. The normalized spacial score (nSPS) is 0. The van der Waals surface area contributed by atoms with Gasteiger partial charge in [-0.3, -0.25) is 0 Å². The van der Waals surface area contributed by atoms with Gasteiger partial charge in [-0.15, -0.1) is 0 Å². The molecule has 0 aromatic rings. The van der Waals surface area contributed by atoms with Gasteiger partial charge in [-0.25, -0.2) is 0 Å². The summed E-state index contributed by atoms with van der Waals surface area (Å²) in [5.74, 6) is 0. The molecule has 0 bridgehead atoms. The zero-order chi connectivity index (χ0) is 0. The van der Waals surface area contributed by atoms with E-state index in [1.54, 1.807) is 0 Å². The second kappa shape index (κ2) is 159. The van der Waals surface area contributed by atoms with Gasteiger partial charge in [0, 0.05) is 17.1 Å². The molecule has 0 aliphatic heterocycles. The maximum atomic E-state index is 0. The second-order valence-corrected chi connectivity index (χ2v) is 0. The van der Waals surface area contributed by atoms with Crippen LogP contribution in [0.5, 0.6) is 0 Å². The number of hydrogen-bond acceptors (Lipinski definition) is 0. The smallest absolute Gasteiger partial charge is 0 e. The van der Waals surface area contributed by atoms with Crippen molar-refractivity contribution < 1.29 is 33.5 Å². The van der Waals surface area contributed by atoms with E-state index in [0.29, 0.717) is 0 Å². The van der Waals surface area contributed by atoms with Crippen molar-refractivity contribution in [1.29, 1.82) is 0 Å². The van der Waals surface area contributed by atoms with Crippen LogP contribution in [-0.4, -0.2) is 27.4 Å². The number of rotatable bonds is 0. The van der Waals surface area contributed by atoms with E-state index in [0.717, 1.165) is 0 Å². The molecule has 0 spiro atoms. The van der Waals surface area contributed by atoms with E-state index in [1.807, 2.05) is 0 Å². The summed E-state index contributed by atoms with van der Waals surface area (Å²) in [4.78, 5) is 0. The van der Waals surface area contributed by atoms with Crippen LogP contribution in [0.2, 0.25) is 0 Å². The standard InChI is InChI=1S/Fe.3H2O.H4Si/h;3*1H2;1H4. The Labute approximate surface area is 45.2 Å². The molecule has 0 saturated carbocycles. The molecule has 5 heavy (non-hydrogen) atoms. The quantitative estimate of drug-likeness (QED) is 0.309. The first-order valence-corrected chi connectivity index (χ1v) is 0. The van der Waals surface area contributed by atoms with E-state index in [9.17, 15) is 0 Å². The Morgan fingerprint density at radius 3 is 0.600 bits per heavy atom. The van der Waals surface area contributed by atoms with Gasteiger partial charge in [-0.1, -0.05) is 0 Å². The van der Waals surface area contributed by atoms with Gasteiger partial charge in [0.25, 0.3) is 0 Å². The third-order valence-corrected chi connectivity index (χ3v) is 0. The van der Waals surface area contributed by atoms with Gasteiger partial charge in [0.15, 0.2) is 0 Å². The molecule has 0 unspecified atom stereocenters. The average molecular weight is 142 g/mol. The monoisotopic (exact) mass is 142 g/mol. The van der Waals surface area contributed by atoms with Gasteiger partial charge in [-0.2, -0.15) is 0 Å². The van der Waals surface area contributed by atoms with Gasteiger partial charge in [0.05, 0.1) is 0 Å². The molecule has 3 nitrogen and oxygen atoms in total. The Bertz CT molecular complexity index is 6.85. The van der Waals surface area contributed by atoms with Crippen LogP contribution in [0.3, 0.4) is 0 Å². The van der Waals surface area contributed by atoms with Crippen molar-refractivity contribution >= 4 is 11.0 Å². The topological polar surface area (TPSA) is 94.5 Å². The minimum Gasteiger partial charge on any atom is -0.412 e. The van der Waals surface area contributed by atoms with Crippen molar-refractivity contribution in [2.24, 2.45) is 0 Å². The SMILES string of the molecule is O.O.O.[Fe].[SiH4]. The third kappa shape index (κ3) is 83.2.